The van der Waals surface area contributed by atoms with Crippen LogP contribution in [0.3, 0.4) is 0 Å². The minimum Gasteiger partial charge on any atom is -0.495 e. The van der Waals surface area contributed by atoms with Gasteiger partial charge in [0, 0.05) is 17.3 Å². The number of rotatable bonds is 3. The summed E-state index contributed by atoms with van der Waals surface area (Å²) in [5.74, 6) is 0.826. The van der Waals surface area contributed by atoms with Crippen molar-refractivity contribution in [3.05, 3.63) is 59.8 Å². The highest BCUT2D eigenvalue weighted by Gasteiger charge is 2.08. The number of ether oxygens (including phenoxy) is 1. The van der Waals surface area contributed by atoms with E-state index in [-0.39, 0.29) is 0 Å². The fourth-order valence-corrected chi connectivity index (χ4v) is 2.61. The van der Waals surface area contributed by atoms with E-state index in [1.54, 1.807) is 7.11 Å². The first kappa shape index (κ1) is 13.4. The number of hydrogen-bond acceptors (Lipinski definition) is 3. The minimum atomic E-state index is 0.826. The Hall–Kier alpha value is -2.55. The minimum absolute atomic E-state index is 0.826. The molecule has 0 amide bonds. The number of fused-ring (bicyclic) bond motifs is 1. The average Bonchev–Trinajstić information content (AvgIpc) is 2.48. The van der Waals surface area contributed by atoms with Crippen LogP contribution in [0.4, 0.5) is 11.4 Å². The molecule has 0 bridgehead atoms. The van der Waals surface area contributed by atoms with Crippen LogP contribution < -0.4 is 10.1 Å². The lowest BCUT2D eigenvalue weighted by atomic mass is 10.1. The zero-order valence-corrected chi connectivity index (χ0v) is 12.5. The Kier molecular flexibility index (Phi) is 3.48. The lowest BCUT2D eigenvalue weighted by Gasteiger charge is -2.14. The summed E-state index contributed by atoms with van der Waals surface area (Å²) < 4.78 is 5.40. The fraction of sp³-hybridized carbons (Fsp3) is 0.167. The van der Waals surface area contributed by atoms with Crippen molar-refractivity contribution >= 4 is 22.3 Å². The summed E-state index contributed by atoms with van der Waals surface area (Å²) in [7, 11) is 1.68. The number of benzene rings is 2. The number of aryl methyl sites for hydroxylation is 2. The summed E-state index contributed by atoms with van der Waals surface area (Å²) in [5.41, 5.74) is 5.44. The van der Waals surface area contributed by atoms with Crippen molar-refractivity contribution in [2.45, 2.75) is 13.8 Å². The molecule has 0 unspecified atom stereocenters. The van der Waals surface area contributed by atoms with Gasteiger partial charge in [0.15, 0.2) is 0 Å². The maximum absolute atomic E-state index is 5.40. The van der Waals surface area contributed by atoms with E-state index in [2.05, 4.69) is 36.3 Å². The highest BCUT2D eigenvalue weighted by molar-refractivity contribution is 5.95. The first-order valence-corrected chi connectivity index (χ1v) is 6.95. The van der Waals surface area contributed by atoms with Crippen LogP contribution in [0.15, 0.2) is 48.7 Å². The van der Waals surface area contributed by atoms with Gasteiger partial charge >= 0.3 is 0 Å². The van der Waals surface area contributed by atoms with Gasteiger partial charge < -0.3 is 10.1 Å². The van der Waals surface area contributed by atoms with Gasteiger partial charge in [0.1, 0.15) is 5.75 Å². The van der Waals surface area contributed by atoms with Crippen molar-refractivity contribution in [1.29, 1.82) is 0 Å². The number of nitrogens with one attached hydrogen (secondary N) is 1. The van der Waals surface area contributed by atoms with Gasteiger partial charge in [-0.2, -0.15) is 0 Å². The van der Waals surface area contributed by atoms with Crippen LogP contribution in [-0.4, -0.2) is 12.1 Å². The lowest BCUT2D eigenvalue weighted by Crippen LogP contribution is -1.96. The second-order valence-electron chi connectivity index (χ2n) is 5.16. The molecule has 1 N–H and O–H groups in total. The first-order valence-electron chi connectivity index (χ1n) is 6.95. The number of nitrogens with zero attached hydrogens (tertiary/aromatic N) is 1. The first-order chi connectivity index (χ1) is 10.2. The van der Waals surface area contributed by atoms with E-state index in [9.17, 15) is 0 Å². The maximum atomic E-state index is 5.40. The van der Waals surface area contributed by atoms with E-state index in [1.807, 2.05) is 36.5 Å². The Morgan fingerprint density at radius 2 is 1.81 bits per heavy atom. The van der Waals surface area contributed by atoms with Crippen LogP contribution >= 0.6 is 0 Å². The van der Waals surface area contributed by atoms with Crippen molar-refractivity contribution in [3.8, 4) is 5.75 Å². The Balaban J connectivity index is 2.13. The molecule has 0 spiro atoms. The van der Waals surface area contributed by atoms with E-state index in [1.165, 1.54) is 11.1 Å². The van der Waals surface area contributed by atoms with E-state index in [4.69, 9.17) is 4.74 Å². The van der Waals surface area contributed by atoms with Crippen molar-refractivity contribution in [2.75, 3.05) is 12.4 Å². The van der Waals surface area contributed by atoms with Crippen LogP contribution in [0.25, 0.3) is 10.9 Å². The zero-order valence-electron chi connectivity index (χ0n) is 12.5. The topological polar surface area (TPSA) is 34.1 Å². The molecule has 0 fully saturated rings. The average molecular weight is 278 g/mol. The predicted octanol–water partition coefficient (Wildman–Crippen LogP) is 4.60. The van der Waals surface area contributed by atoms with Gasteiger partial charge in [-0.25, -0.2) is 0 Å². The molecule has 0 aliphatic carbocycles. The molecule has 2 aromatic carbocycles. The molecule has 0 aliphatic heterocycles. The molecule has 0 saturated carbocycles. The Bertz CT molecular complexity index is 796. The van der Waals surface area contributed by atoms with Gasteiger partial charge in [0.2, 0.25) is 0 Å². The number of para-hydroxylation sites is 2. The van der Waals surface area contributed by atoms with Gasteiger partial charge in [0.25, 0.3) is 0 Å². The SMILES string of the molecule is COc1ccccc1Nc1ccnc2c(C)cc(C)cc12. The molecular formula is C18H18N2O. The summed E-state index contributed by atoms with van der Waals surface area (Å²) in [6.45, 7) is 4.20. The smallest absolute Gasteiger partial charge is 0.142 e. The molecule has 106 valence electrons. The third-order valence-electron chi connectivity index (χ3n) is 3.56. The molecule has 1 heterocycles. The molecular weight excluding hydrogens is 260 g/mol. The van der Waals surface area contributed by atoms with E-state index >= 15 is 0 Å². The number of anilines is 2. The maximum Gasteiger partial charge on any atom is 0.142 e. The molecule has 0 radical (unpaired) electrons. The molecule has 0 atom stereocenters. The Morgan fingerprint density at radius 3 is 2.62 bits per heavy atom. The van der Waals surface area contributed by atoms with E-state index in [0.29, 0.717) is 0 Å². The van der Waals surface area contributed by atoms with E-state index < -0.39 is 0 Å². The summed E-state index contributed by atoms with van der Waals surface area (Å²) in [5, 5.41) is 4.58. The number of pyridine rings is 1. The van der Waals surface area contributed by atoms with Gasteiger partial charge in [-0.15, -0.1) is 0 Å². The van der Waals surface area contributed by atoms with Gasteiger partial charge in [0.05, 0.1) is 18.3 Å². The number of methoxy groups -OCH3 is 1. The predicted molar refractivity (Wildman–Crippen MR) is 87.5 cm³/mol. The van der Waals surface area contributed by atoms with Crippen molar-refractivity contribution in [1.82, 2.24) is 4.98 Å². The van der Waals surface area contributed by atoms with Crippen LogP contribution in [0.2, 0.25) is 0 Å². The second kappa shape index (κ2) is 5.44. The largest absolute Gasteiger partial charge is 0.495 e. The third-order valence-corrected chi connectivity index (χ3v) is 3.56. The van der Waals surface area contributed by atoms with Gasteiger partial charge in [-0.1, -0.05) is 23.8 Å². The molecule has 3 heteroatoms. The lowest BCUT2D eigenvalue weighted by molar-refractivity contribution is 0.417. The zero-order chi connectivity index (χ0) is 14.8. The highest BCUT2D eigenvalue weighted by Crippen LogP contribution is 2.31. The standard InChI is InChI=1S/C18H18N2O/c1-12-10-13(2)18-14(11-12)15(8-9-19-18)20-16-6-4-5-7-17(16)21-3/h4-11H,1-3H3,(H,19,20). The van der Waals surface area contributed by atoms with Crippen LogP contribution in [0.1, 0.15) is 11.1 Å². The third kappa shape index (κ3) is 2.55. The van der Waals surface area contributed by atoms with Gasteiger partial charge in [-0.05, 0) is 43.7 Å². The Morgan fingerprint density at radius 1 is 1.00 bits per heavy atom. The van der Waals surface area contributed by atoms with Gasteiger partial charge in [-0.3, -0.25) is 4.98 Å². The molecule has 0 saturated heterocycles. The number of aromatic nitrogens is 1. The van der Waals surface area contributed by atoms with Crippen molar-refractivity contribution in [2.24, 2.45) is 0 Å². The van der Waals surface area contributed by atoms with Crippen molar-refractivity contribution < 1.29 is 4.74 Å². The fourth-order valence-electron chi connectivity index (χ4n) is 2.61. The number of hydrogen-bond donors (Lipinski definition) is 1. The van der Waals surface area contributed by atoms with Crippen LogP contribution in [0, 0.1) is 13.8 Å². The molecule has 21 heavy (non-hydrogen) atoms. The van der Waals surface area contributed by atoms with Crippen LogP contribution in [-0.2, 0) is 0 Å². The highest BCUT2D eigenvalue weighted by atomic mass is 16.5. The summed E-state index contributed by atoms with van der Waals surface area (Å²) in [6.07, 6.45) is 1.84. The normalized spacial score (nSPS) is 10.6. The molecule has 3 nitrogen and oxygen atoms in total. The summed E-state index contributed by atoms with van der Waals surface area (Å²) in [4.78, 5) is 4.50. The quantitative estimate of drug-likeness (QED) is 0.760. The molecule has 3 rings (SSSR count). The molecule has 1 aromatic heterocycles. The summed E-state index contributed by atoms with van der Waals surface area (Å²) >= 11 is 0. The summed E-state index contributed by atoms with van der Waals surface area (Å²) in [6, 6.07) is 14.2. The monoisotopic (exact) mass is 278 g/mol. The molecule has 0 aliphatic rings. The second-order valence-corrected chi connectivity index (χ2v) is 5.16. The van der Waals surface area contributed by atoms with Crippen LogP contribution in [0.5, 0.6) is 5.75 Å². The molecule has 3 aromatic rings. The van der Waals surface area contributed by atoms with E-state index in [0.717, 1.165) is 28.0 Å². The van der Waals surface area contributed by atoms with Crippen molar-refractivity contribution in [3.63, 3.8) is 0 Å². The Labute approximate surface area is 124 Å².